The zero-order chi connectivity index (χ0) is 16.3. The summed E-state index contributed by atoms with van der Waals surface area (Å²) in [5, 5.41) is 0. The normalized spacial score (nSPS) is 26.1. The standard InChI is InChI=1S/C17H31N3O2.ClH/c1-12(2)16(21)19-7-5-14(6-8-19)17(22)20-9-4-13(3)10-15(20)11-18;/h12-15H,4-11,18H2,1-3H3;1H. The average molecular weight is 346 g/mol. The molecule has 2 heterocycles. The van der Waals surface area contributed by atoms with Crippen molar-refractivity contribution in [1.82, 2.24) is 9.80 Å². The molecule has 134 valence electrons. The number of carbonyl (C=O) groups excluding carboxylic acids is 2. The van der Waals surface area contributed by atoms with Gasteiger partial charge in [0.1, 0.15) is 0 Å². The molecule has 23 heavy (non-hydrogen) atoms. The Kier molecular flexibility index (Phi) is 7.81. The van der Waals surface area contributed by atoms with E-state index in [2.05, 4.69) is 6.92 Å². The summed E-state index contributed by atoms with van der Waals surface area (Å²) in [7, 11) is 0. The lowest BCUT2D eigenvalue weighted by Gasteiger charge is -2.41. The van der Waals surface area contributed by atoms with Gasteiger partial charge in [0.15, 0.2) is 0 Å². The Hall–Kier alpha value is -0.810. The molecular weight excluding hydrogens is 314 g/mol. The Balaban J connectivity index is 0.00000264. The third kappa shape index (κ3) is 4.83. The van der Waals surface area contributed by atoms with E-state index in [1.165, 1.54) is 0 Å². The molecule has 2 rings (SSSR count). The number of piperidine rings is 2. The zero-order valence-corrected chi connectivity index (χ0v) is 15.5. The number of amides is 2. The molecule has 2 N–H and O–H groups in total. The molecule has 0 aromatic carbocycles. The first-order valence-electron chi connectivity index (χ1n) is 8.73. The van der Waals surface area contributed by atoms with Gasteiger partial charge in [-0.2, -0.15) is 0 Å². The Labute approximate surface area is 146 Å². The average Bonchev–Trinajstić information content (AvgIpc) is 2.53. The summed E-state index contributed by atoms with van der Waals surface area (Å²) < 4.78 is 0. The molecule has 0 aromatic rings. The molecule has 0 saturated carbocycles. The van der Waals surface area contributed by atoms with Crippen molar-refractivity contribution in [2.24, 2.45) is 23.5 Å². The third-order valence-corrected chi connectivity index (χ3v) is 5.18. The van der Waals surface area contributed by atoms with Crippen molar-refractivity contribution in [3.8, 4) is 0 Å². The molecule has 0 aromatic heterocycles. The van der Waals surface area contributed by atoms with Crippen LogP contribution in [0.3, 0.4) is 0 Å². The van der Waals surface area contributed by atoms with E-state index in [1.807, 2.05) is 23.6 Å². The smallest absolute Gasteiger partial charge is 0.226 e. The van der Waals surface area contributed by atoms with Gasteiger partial charge in [0, 0.05) is 44.1 Å². The SMILES string of the molecule is CC1CCN(C(=O)C2CCN(C(=O)C(C)C)CC2)C(CN)C1.Cl. The number of halogens is 1. The number of hydrogen-bond donors (Lipinski definition) is 1. The first kappa shape index (κ1) is 20.2. The summed E-state index contributed by atoms with van der Waals surface area (Å²) in [5.74, 6) is 1.23. The van der Waals surface area contributed by atoms with E-state index in [4.69, 9.17) is 5.73 Å². The van der Waals surface area contributed by atoms with E-state index in [0.29, 0.717) is 25.6 Å². The molecule has 0 bridgehead atoms. The quantitative estimate of drug-likeness (QED) is 0.849. The molecule has 2 fully saturated rings. The second-order valence-electron chi connectivity index (χ2n) is 7.30. The topological polar surface area (TPSA) is 66.6 Å². The Morgan fingerprint density at radius 3 is 2.26 bits per heavy atom. The lowest BCUT2D eigenvalue weighted by Crippen LogP contribution is -2.53. The second-order valence-corrected chi connectivity index (χ2v) is 7.30. The molecule has 2 aliphatic heterocycles. The minimum atomic E-state index is 0. The van der Waals surface area contributed by atoms with Gasteiger partial charge in [-0.05, 0) is 31.6 Å². The van der Waals surface area contributed by atoms with Crippen molar-refractivity contribution in [3.63, 3.8) is 0 Å². The van der Waals surface area contributed by atoms with Crippen LogP contribution in [0.2, 0.25) is 0 Å². The van der Waals surface area contributed by atoms with Gasteiger partial charge in [0.05, 0.1) is 0 Å². The van der Waals surface area contributed by atoms with Crippen molar-refractivity contribution < 1.29 is 9.59 Å². The maximum absolute atomic E-state index is 12.8. The van der Waals surface area contributed by atoms with Crippen molar-refractivity contribution in [2.45, 2.75) is 52.5 Å². The molecular formula is C17H32ClN3O2. The van der Waals surface area contributed by atoms with Gasteiger partial charge in [-0.25, -0.2) is 0 Å². The lowest BCUT2D eigenvalue weighted by atomic mass is 9.89. The highest BCUT2D eigenvalue weighted by Crippen LogP contribution is 2.27. The minimum absolute atomic E-state index is 0. The van der Waals surface area contributed by atoms with Gasteiger partial charge in [0.25, 0.3) is 0 Å². The van der Waals surface area contributed by atoms with E-state index in [0.717, 1.165) is 32.2 Å². The van der Waals surface area contributed by atoms with Crippen LogP contribution in [0.25, 0.3) is 0 Å². The number of likely N-dealkylation sites (tertiary alicyclic amines) is 2. The maximum Gasteiger partial charge on any atom is 0.226 e. The van der Waals surface area contributed by atoms with Crippen LogP contribution in [0.15, 0.2) is 0 Å². The number of nitrogens with zero attached hydrogens (tertiary/aromatic N) is 2. The molecule has 6 heteroatoms. The largest absolute Gasteiger partial charge is 0.342 e. The molecule has 2 amide bonds. The maximum atomic E-state index is 12.8. The molecule has 2 saturated heterocycles. The highest BCUT2D eigenvalue weighted by Gasteiger charge is 2.35. The van der Waals surface area contributed by atoms with Crippen LogP contribution >= 0.6 is 12.4 Å². The van der Waals surface area contributed by atoms with Gasteiger partial charge in [0.2, 0.25) is 11.8 Å². The highest BCUT2D eigenvalue weighted by atomic mass is 35.5. The van der Waals surface area contributed by atoms with Gasteiger partial charge < -0.3 is 15.5 Å². The van der Waals surface area contributed by atoms with E-state index in [9.17, 15) is 9.59 Å². The third-order valence-electron chi connectivity index (χ3n) is 5.18. The van der Waals surface area contributed by atoms with Crippen LogP contribution in [0, 0.1) is 17.8 Å². The lowest BCUT2D eigenvalue weighted by molar-refractivity contribution is -0.144. The van der Waals surface area contributed by atoms with Crippen LogP contribution in [0.1, 0.15) is 46.5 Å². The van der Waals surface area contributed by atoms with Crippen LogP contribution in [0.5, 0.6) is 0 Å². The highest BCUT2D eigenvalue weighted by molar-refractivity contribution is 5.85. The number of hydrogen-bond acceptors (Lipinski definition) is 3. The second kappa shape index (κ2) is 8.88. The summed E-state index contributed by atoms with van der Waals surface area (Å²) in [6, 6.07) is 0.201. The van der Waals surface area contributed by atoms with E-state index >= 15 is 0 Å². The van der Waals surface area contributed by atoms with E-state index in [1.54, 1.807) is 0 Å². The first-order valence-corrected chi connectivity index (χ1v) is 8.73. The number of rotatable bonds is 3. The fourth-order valence-electron chi connectivity index (χ4n) is 3.71. The van der Waals surface area contributed by atoms with Crippen molar-refractivity contribution >= 4 is 24.2 Å². The number of carbonyl (C=O) groups is 2. The molecule has 2 aliphatic rings. The fraction of sp³-hybridized carbons (Fsp3) is 0.882. The van der Waals surface area contributed by atoms with E-state index in [-0.39, 0.29) is 42.1 Å². The Bertz CT molecular complexity index is 409. The Morgan fingerprint density at radius 1 is 1.13 bits per heavy atom. The summed E-state index contributed by atoms with van der Waals surface area (Å²) >= 11 is 0. The minimum Gasteiger partial charge on any atom is -0.342 e. The predicted molar refractivity (Wildman–Crippen MR) is 94.3 cm³/mol. The predicted octanol–water partition coefficient (Wildman–Crippen LogP) is 1.89. The van der Waals surface area contributed by atoms with Crippen molar-refractivity contribution in [3.05, 3.63) is 0 Å². The van der Waals surface area contributed by atoms with Crippen LogP contribution in [-0.2, 0) is 9.59 Å². The monoisotopic (exact) mass is 345 g/mol. The van der Waals surface area contributed by atoms with Gasteiger partial charge in [-0.3, -0.25) is 9.59 Å². The molecule has 0 radical (unpaired) electrons. The molecule has 0 spiro atoms. The van der Waals surface area contributed by atoms with Gasteiger partial charge >= 0.3 is 0 Å². The van der Waals surface area contributed by atoms with Crippen LogP contribution < -0.4 is 5.73 Å². The fourth-order valence-corrected chi connectivity index (χ4v) is 3.71. The molecule has 2 unspecified atom stereocenters. The molecule has 2 atom stereocenters. The van der Waals surface area contributed by atoms with Crippen molar-refractivity contribution in [2.75, 3.05) is 26.2 Å². The summed E-state index contributed by atoms with van der Waals surface area (Å²) in [6.07, 6.45) is 3.68. The summed E-state index contributed by atoms with van der Waals surface area (Å²) in [5.41, 5.74) is 5.87. The van der Waals surface area contributed by atoms with Crippen LogP contribution in [0.4, 0.5) is 0 Å². The van der Waals surface area contributed by atoms with E-state index < -0.39 is 0 Å². The zero-order valence-electron chi connectivity index (χ0n) is 14.7. The first-order chi connectivity index (χ1) is 10.4. The summed E-state index contributed by atoms with van der Waals surface area (Å²) in [4.78, 5) is 28.8. The van der Waals surface area contributed by atoms with Gasteiger partial charge in [-0.1, -0.05) is 20.8 Å². The summed E-state index contributed by atoms with van der Waals surface area (Å²) in [6.45, 7) is 8.92. The van der Waals surface area contributed by atoms with Crippen LogP contribution in [-0.4, -0.2) is 53.8 Å². The molecule has 5 nitrogen and oxygen atoms in total. The Morgan fingerprint density at radius 2 is 1.74 bits per heavy atom. The molecule has 0 aliphatic carbocycles. The number of nitrogens with two attached hydrogens (primary N) is 1. The van der Waals surface area contributed by atoms with Gasteiger partial charge in [-0.15, -0.1) is 12.4 Å². The van der Waals surface area contributed by atoms with Crippen molar-refractivity contribution in [1.29, 1.82) is 0 Å².